The number of amides is 1. The van der Waals surface area contributed by atoms with Gasteiger partial charge < -0.3 is 10.2 Å². The molecule has 2 rings (SSSR count). The number of nitrogens with zero attached hydrogens (tertiary/aromatic N) is 2. The van der Waals surface area contributed by atoms with Crippen LogP contribution in [-0.4, -0.2) is 69.1 Å². The quantitative estimate of drug-likeness (QED) is 0.760. The van der Waals surface area contributed by atoms with Crippen molar-refractivity contribution in [2.75, 3.05) is 39.8 Å². The van der Waals surface area contributed by atoms with Gasteiger partial charge in [0.1, 0.15) is 0 Å². The predicted molar refractivity (Wildman–Crippen MR) is 85.7 cm³/mol. The van der Waals surface area contributed by atoms with Gasteiger partial charge in [0.05, 0.1) is 11.4 Å². The lowest BCUT2D eigenvalue weighted by Crippen LogP contribution is -2.52. The van der Waals surface area contributed by atoms with Gasteiger partial charge in [-0.2, -0.15) is 4.31 Å². The number of rotatable bonds is 5. The van der Waals surface area contributed by atoms with Gasteiger partial charge in [-0.3, -0.25) is 9.59 Å². The second-order valence-corrected chi connectivity index (χ2v) is 7.33. The van der Waals surface area contributed by atoms with E-state index in [-0.39, 0.29) is 36.2 Å². The molecule has 1 aromatic rings. The fourth-order valence-electron chi connectivity index (χ4n) is 2.45. The summed E-state index contributed by atoms with van der Waals surface area (Å²) in [5.41, 5.74) is 0.478. The summed E-state index contributed by atoms with van der Waals surface area (Å²) in [6, 6.07) is 5.93. The van der Waals surface area contributed by atoms with Crippen LogP contribution in [0, 0.1) is 0 Å². The molecule has 1 aliphatic rings. The molecule has 1 aromatic carbocycles. The molecular weight excluding hydrogens is 318 g/mol. The van der Waals surface area contributed by atoms with Crippen molar-refractivity contribution in [2.45, 2.75) is 11.8 Å². The largest absolute Gasteiger partial charge is 0.339 e. The maximum Gasteiger partial charge on any atom is 0.243 e. The van der Waals surface area contributed by atoms with E-state index >= 15 is 0 Å². The Kier molecular flexibility index (Phi) is 5.51. The van der Waals surface area contributed by atoms with Gasteiger partial charge in [0.2, 0.25) is 15.9 Å². The normalized spacial score (nSPS) is 16.3. The molecule has 1 amide bonds. The van der Waals surface area contributed by atoms with Gasteiger partial charge in [0, 0.05) is 31.7 Å². The van der Waals surface area contributed by atoms with Crippen LogP contribution in [0.25, 0.3) is 0 Å². The molecule has 1 fully saturated rings. The molecule has 0 bridgehead atoms. The number of piperazine rings is 1. The summed E-state index contributed by atoms with van der Waals surface area (Å²) in [6.07, 6.45) is 0. The van der Waals surface area contributed by atoms with Crippen molar-refractivity contribution in [2.24, 2.45) is 0 Å². The van der Waals surface area contributed by atoms with Gasteiger partial charge in [0.15, 0.2) is 5.78 Å². The highest BCUT2D eigenvalue weighted by molar-refractivity contribution is 7.89. The lowest BCUT2D eigenvalue weighted by atomic mass is 10.2. The van der Waals surface area contributed by atoms with Crippen molar-refractivity contribution in [3.05, 3.63) is 29.8 Å². The zero-order chi connectivity index (χ0) is 17.0. The fourth-order valence-corrected chi connectivity index (χ4v) is 3.87. The van der Waals surface area contributed by atoms with Crippen LogP contribution >= 0.6 is 0 Å². The molecule has 7 nitrogen and oxygen atoms in total. The molecule has 0 radical (unpaired) electrons. The number of hydrogen-bond acceptors (Lipinski definition) is 5. The summed E-state index contributed by atoms with van der Waals surface area (Å²) < 4.78 is 26.6. The van der Waals surface area contributed by atoms with Gasteiger partial charge in [-0.25, -0.2) is 8.42 Å². The third-order valence-corrected chi connectivity index (χ3v) is 5.73. The maximum absolute atomic E-state index is 12.6. The second-order valence-electron chi connectivity index (χ2n) is 5.40. The Morgan fingerprint density at radius 2 is 1.65 bits per heavy atom. The zero-order valence-corrected chi connectivity index (χ0v) is 14.1. The number of sulfonamides is 1. The maximum atomic E-state index is 12.6. The molecule has 0 aliphatic carbocycles. The van der Waals surface area contributed by atoms with Crippen molar-refractivity contribution >= 4 is 21.7 Å². The van der Waals surface area contributed by atoms with Crippen LogP contribution < -0.4 is 5.32 Å². The van der Waals surface area contributed by atoms with E-state index < -0.39 is 10.0 Å². The van der Waals surface area contributed by atoms with Crippen LogP contribution in [0.3, 0.4) is 0 Å². The highest BCUT2D eigenvalue weighted by Crippen LogP contribution is 2.18. The molecule has 0 atom stereocenters. The van der Waals surface area contributed by atoms with Gasteiger partial charge in [-0.1, -0.05) is 12.1 Å². The Balaban J connectivity index is 2.07. The third-order valence-electron chi connectivity index (χ3n) is 3.82. The Labute approximate surface area is 136 Å². The minimum Gasteiger partial charge on any atom is -0.339 e. The molecule has 0 saturated carbocycles. The third kappa shape index (κ3) is 3.95. The highest BCUT2D eigenvalue weighted by atomic mass is 32.2. The number of carbonyl (C=O) groups excluding carboxylic acids is 2. The molecule has 1 aliphatic heterocycles. The first-order valence-corrected chi connectivity index (χ1v) is 8.84. The monoisotopic (exact) mass is 339 g/mol. The topological polar surface area (TPSA) is 86.8 Å². The number of likely N-dealkylation sites (N-methyl/N-ethyl adjacent to an activating group) is 1. The van der Waals surface area contributed by atoms with Crippen LogP contribution in [-0.2, 0) is 14.8 Å². The standard InChI is InChI=1S/C15H21N3O4S/c1-12(19)13-3-5-14(6-4-13)23(21,22)18-9-7-17(8-10-18)15(20)11-16-2/h3-6,16H,7-11H2,1-2H3. The van der Waals surface area contributed by atoms with E-state index in [1.54, 1.807) is 11.9 Å². The molecule has 0 spiro atoms. The van der Waals surface area contributed by atoms with Crippen molar-refractivity contribution in [3.63, 3.8) is 0 Å². The summed E-state index contributed by atoms with van der Waals surface area (Å²) in [6.45, 7) is 2.99. The number of Topliss-reactive ketones (excluding diaryl/α,β-unsaturated/α-hetero) is 1. The predicted octanol–water partition coefficient (Wildman–Crippen LogP) is -0.0585. The molecule has 1 saturated heterocycles. The highest BCUT2D eigenvalue weighted by Gasteiger charge is 2.29. The summed E-state index contributed by atoms with van der Waals surface area (Å²) in [5, 5.41) is 2.80. The average molecular weight is 339 g/mol. The van der Waals surface area contributed by atoms with Crippen molar-refractivity contribution in [1.29, 1.82) is 0 Å². The van der Waals surface area contributed by atoms with E-state index in [1.807, 2.05) is 0 Å². The van der Waals surface area contributed by atoms with Crippen molar-refractivity contribution in [1.82, 2.24) is 14.5 Å². The average Bonchev–Trinajstić information content (AvgIpc) is 2.55. The van der Waals surface area contributed by atoms with Gasteiger partial charge in [-0.05, 0) is 26.1 Å². The molecule has 1 N–H and O–H groups in total. The number of benzene rings is 1. The van der Waals surface area contributed by atoms with E-state index in [1.165, 1.54) is 35.5 Å². The molecule has 1 heterocycles. The van der Waals surface area contributed by atoms with Crippen LogP contribution in [0.2, 0.25) is 0 Å². The fraction of sp³-hybridized carbons (Fsp3) is 0.467. The van der Waals surface area contributed by atoms with E-state index in [2.05, 4.69) is 5.32 Å². The number of carbonyl (C=O) groups is 2. The van der Waals surface area contributed by atoms with Crippen molar-refractivity contribution < 1.29 is 18.0 Å². The number of hydrogen-bond donors (Lipinski definition) is 1. The first kappa shape index (κ1) is 17.6. The molecule has 126 valence electrons. The molecule has 0 aromatic heterocycles. The Bertz CT molecular complexity index is 677. The lowest BCUT2D eigenvalue weighted by Gasteiger charge is -2.34. The Hall–Kier alpha value is -1.77. The SMILES string of the molecule is CNCC(=O)N1CCN(S(=O)(=O)c2ccc(C(C)=O)cc2)CC1. The van der Waals surface area contributed by atoms with Crippen LogP contribution in [0.1, 0.15) is 17.3 Å². The zero-order valence-electron chi connectivity index (χ0n) is 13.3. The van der Waals surface area contributed by atoms with Gasteiger partial charge >= 0.3 is 0 Å². The smallest absolute Gasteiger partial charge is 0.243 e. The summed E-state index contributed by atoms with van der Waals surface area (Å²) in [4.78, 5) is 24.9. The van der Waals surface area contributed by atoms with E-state index in [4.69, 9.17) is 0 Å². The molecule has 23 heavy (non-hydrogen) atoms. The first-order chi connectivity index (χ1) is 10.9. The van der Waals surface area contributed by atoms with Crippen LogP contribution in [0.5, 0.6) is 0 Å². The first-order valence-electron chi connectivity index (χ1n) is 7.40. The van der Waals surface area contributed by atoms with Gasteiger partial charge in [-0.15, -0.1) is 0 Å². The molecular formula is C15H21N3O4S. The number of ketones is 1. The van der Waals surface area contributed by atoms with Crippen LogP contribution in [0.4, 0.5) is 0 Å². The van der Waals surface area contributed by atoms with E-state index in [0.29, 0.717) is 18.7 Å². The second kappa shape index (κ2) is 7.20. The minimum absolute atomic E-state index is 0.0321. The summed E-state index contributed by atoms with van der Waals surface area (Å²) in [5.74, 6) is -0.138. The van der Waals surface area contributed by atoms with E-state index in [0.717, 1.165) is 0 Å². The molecule has 0 unspecified atom stereocenters. The Morgan fingerprint density at radius 3 is 2.13 bits per heavy atom. The Morgan fingerprint density at radius 1 is 1.09 bits per heavy atom. The number of nitrogens with one attached hydrogen (secondary N) is 1. The van der Waals surface area contributed by atoms with E-state index in [9.17, 15) is 18.0 Å². The summed E-state index contributed by atoms with van der Waals surface area (Å²) >= 11 is 0. The van der Waals surface area contributed by atoms with Gasteiger partial charge in [0.25, 0.3) is 0 Å². The lowest BCUT2D eigenvalue weighted by molar-refractivity contribution is -0.131. The minimum atomic E-state index is -3.60. The van der Waals surface area contributed by atoms with Crippen molar-refractivity contribution in [3.8, 4) is 0 Å². The molecule has 8 heteroatoms. The van der Waals surface area contributed by atoms with Crippen LogP contribution in [0.15, 0.2) is 29.2 Å². The summed E-state index contributed by atoms with van der Waals surface area (Å²) in [7, 11) is -1.90.